The van der Waals surface area contributed by atoms with Crippen LogP contribution in [0.4, 0.5) is 0 Å². The summed E-state index contributed by atoms with van der Waals surface area (Å²) in [5.74, 6) is 0. The van der Waals surface area contributed by atoms with Crippen LogP contribution in [0.3, 0.4) is 0 Å². The van der Waals surface area contributed by atoms with Crippen molar-refractivity contribution in [2.75, 3.05) is 13.7 Å². The van der Waals surface area contributed by atoms with Gasteiger partial charge < -0.3 is 10.1 Å². The summed E-state index contributed by atoms with van der Waals surface area (Å²) in [6.45, 7) is 1.08. The first-order valence-electron chi connectivity index (χ1n) is 3.16. The molecule has 0 bridgehead atoms. The van der Waals surface area contributed by atoms with Crippen LogP contribution in [0.15, 0.2) is 0 Å². The van der Waals surface area contributed by atoms with Crippen molar-refractivity contribution in [3.8, 4) is 0 Å². The van der Waals surface area contributed by atoms with E-state index in [9.17, 15) is 0 Å². The molecule has 1 fully saturated rings. The molecule has 1 heterocycles. The van der Waals surface area contributed by atoms with Crippen LogP contribution >= 0.6 is 12.2 Å². The average molecular weight is 145 g/mol. The average Bonchev–Trinajstić information content (AvgIpc) is 2.37. The molecule has 1 rings (SSSR count). The molecular formula is C6H11NOS. The van der Waals surface area contributed by atoms with E-state index in [1.165, 1.54) is 6.42 Å². The van der Waals surface area contributed by atoms with Crippen molar-refractivity contribution in [1.82, 2.24) is 5.32 Å². The number of thiocarbonyl (C=S) groups is 1. The van der Waals surface area contributed by atoms with Crippen molar-refractivity contribution in [2.24, 2.45) is 0 Å². The summed E-state index contributed by atoms with van der Waals surface area (Å²) in [6, 6.07) is 0.338. The Labute approximate surface area is 60.6 Å². The molecule has 1 N–H and O–H groups in total. The Bertz CT molecular complexity index is 110. The van der Waals surface area contributed by atoms with Gasteiger partial charge in [0.25, 0.3) is 0 Å². The molecular weight excluding hydrogens is 134 g/mol. The fraction of sp³-hybridized carbons (Fsp3) is 0.833. The third-order valence-electron chi connectivity index (χ3n) is 1.55. The van der Waals surface area contributed by atoms with E-state index >= 15 is 0 Å². The quantitative estimate of drug-likeness (QED) is 0.549. The van der Waals surface area contributed by atoms with Gasteiger partial charge in [-0.3, -0.25) is 0 Å². The smallest absolute Gasteiger partial charge is 0.176 e. The minimum absolute atomic E-state index is 0.338. The van der Waals surface area contributed by atoms with Crippen LogP contribution in [0.25, 0.3) is 0 Å². The van der Waals surface area contributed by atoms with Crippen LogP contribution in [0.2, 0.25) is 0 Å². The second kappa shape index (κ2) is 3.13. The maximum Gasteiger partial charge on any atom is 0.176 e. The number of methoxy groups -OCH3 is 1. The molecule has 2 nitrogen and oxygen atoms in total. The Kier molecular flexibility index (Phi) is 2.42. The molecule has 1 aliphatic heterocycles. The summed E-state index contributed by atoms with van der Waals surface area (Å²) >= 11 is 4.93. The molecule has 0 aromatic heterocycles. The number of rotatable bonds is 1. The van der Waals surface area contributed by atoms with E-state index in [0.717, 1.165) is 13.0 Å². The molecule has 0 aromatic carbocycles. The van der Waals surface area contributed by atoms with Crippen molar-refractivity contribution in [2.45, 2.75) is 18.9 Å². The first kappa shape index (κ1) is 6.96. The Balaban J connectivity index is 2.32. The molecule has 0 unspecified atom stereocenters. The molecule has 0 radical (unpaired) electrons. The Morgan fingerprint density at radius 3 is 3.00 bits per heavy atom. The number of ether oxygens (including phenoxy) is 1. The lowest BCUT2D eigenvalue weighted by Crippen LogP contribution is -2.30. The number of nitrogens with one attached hydrogen (secondary N) is 1. The SMILES string of the molecule is COC(=S)[C@@H]1CCCN1. The van der Waals surface area contributed by atoms with Crippen LogP contribution in [0, 0.1) is 0 Å². The van der Waals surface area contributed by atoms with Gasteiger partial charge in [-0.05, 0) is 31.6 Å². The maximum atomic E-state index is 4.93. The van der Waals surface area contributed by atoms with Crippen molar-refractivity contribution in [3.63, 3.8) is 0 Å². The van der Waals surface area contributed by atoms with E-state index < -0.39 is 0 Å². The molecule has 0 amide bonds. The summed E-state index contributed by atoms with van der Waals surface area (Å²) in [5, 5.41) is 3.94. The summed E-state index contributed by atoms with van der Waals surface area (Å²) < 4.78 is 4.90. The van der Waals surface area contributed by atoms with Gasteiger partial charge in [0, 0.05) is 0 Å². The maximum absolute atomic E-state index is 4.93. The zero-order chi connectivity index (χ0) is 6.69. The molecule has 3 heteroatoms. The molecule has 1 saturated heterocycles. The highest BCUT2D eigenvalue weighted by Gasteiger charge is 2.18. The first-order valence-corrected chi connectivity index (χ1v) is 3.56. The van der Waals surface area contributed by atoms with Gasteiger partial charge in [-0.25, -0.2) is 0 Å². The van der Waals surface area contributed by atoms with Gasteiger partial charge in [0.15, 0.2) is 5.05 Å². The largest absolute Gasteiger partial charge is 0.489 e. The highest BCUT2D eigenvalue weighted by Crippen LogP contribution is 2.06. The molecule has 52 valence electrons. The van der Waals surface area contributed by atoms with Gasteiger partial charge >= 0.3 is 0 Å². The standard InChI is InChI=1S/C6H11NOS/c1-8-6(9)5-3-2-4-7-5/h5,7H,2-4H2,1H3/t5-/m0/s1. The fourth-order valence-corrected chi connectivity index (χ4v) is 1.23. The van der Waals surface area contributed by atoms with Gasteiger partial charge in [-0.1, -0.05) is 0 Å². The van der Waals surface area contributed by atoms with E-state index in [0.29, 0.717) is 11.1 Å². The summed E-state index contributed by atoms with van der Waals surface area (Å²) in [5.41, 5.74) is 0. The minimum Gasteiger partial charge on any atom is -0.489 e. The van der Waals surface area contributed by atoms with Crippen LogP contribution < -0.4 is 5.32 Å². The monoisotopic (exact) mass is 145 g/mol. The van der Waals surface area contributed by atoms with Crippen molar-refractivity contribution in [1.29, 1.82) is 0 Å². The highest BCUT2D eigenvalue weighted by molar-refractivity contribution is 7.80. The van der Waals surface area contributed by atoms with Crippen molar-refractivity contribution in [3.05, 3.63) is 0 Å². The lowest BCUT2D eigenvalue weighted by Gasteiger charge is -2.08. The van der Waals surface area contributed by atoms with Crippen LogP contribution in [-0.4, -0.2) is 24.7 Å². The van der Waals surface area contributed by atoms with Crippen LogP contribution in [0.1, 0.15) is 12.8 Å². The molecule has 0 aromatic rings. The van der Waals surface area contributed by atoms with Gasteiger partial charge in [-0.2, -0.15) is 0 Å². The Morgan fingerprint density at radius 1 is 1.78 bits per heavy atom. The molecule has 1 atom stereocenters. The first-order chi connectivity index (χ1) is 4.34. The highest BCUT2D eigenvalue weighted by atomic mass is 32.1. The predicted molar refractivity (Wildman–Crippen MR) is 40.6 cm³/mol. The lowest BCUT2D eigenvalue weighted by atomic mass is 10.2. The molecule has 0 aliphatic carbocycles. The van der Waals surface area contributed by atoms with Gasteiger partial charge in [0.1, 0.15) is 0 Å². The number of hydrogen-bond acceptors (Lipinski definition) is 3. The molecule has 0 spiro atoms. The third kappa shape index (κ3) is 1.63. The van der Waals surface area contributed by atoms with E-state index in [1.54, 1.807) is 7.11 Å². The molecule has 1 aliphatic rings. The third-order valence-corrected chi connectivity index (χ3v) is 2.00. The van der Waals surface area contributed by atoms with Crippen LogP contribution in [-0.2, 0) is 4.74 Å². The predicted octanol–water partition coefficient (Wildman–Crippen LogP) is 0.712. The van der Waals surface area contributed by atoms with E-state index in [2.05, 4.69) is 5.32 Å². The van der Waals surface area contributed by atoms with Crippen molar-refractivity contribution < 1.29 is 4.74 Å². The normalized spacial score (nSPS) is 26.1. The lowest BCUT2D eigenvalue weighted by molar-refractivity contribution is 0.389. The summed E-state index contributed by atoms with van der Waals surface area (Å²) in [7, 11) is 1.63. The van der Waals surface area contributed by atoms with E-state index in [1.807, 2.05) is 0 Å². The summed E-state index contributed by atoms with van der Waals surface area (Å²) in [6.07, 6.45) is 2.35. The number of hydrogen-bond donors (Lipinski definition) is 1. The Hall–Kier alpha value is -0.150. The van der Waals surface area contributed by atoms with Gasteiger partial charge in [0.05, 0.1) is 13.2 Å². The van der Waals surface area contributed by atoms with Crippen LogP contribution in [0.5, 0.6) is 0 Å². The van der Waals surface area contributed by atoms with Gasteiger partial charge in [0.2, 0.25) is 0 Å². The van der Waals surface area contributed by atoms with E-state index in [4.69, 9.17) is 17.0 Å². The zero-order valence-electron chi connectivity index (χ0n) is 5.52. The molecule has 0 saturated carbocycles. The van der Waals surface area contributed by atoms with Crippen molar-refractivity contribution >= 4 is 17.3 Å². The second-order valence-corrected chi connectivity index (χ2v) is 2.57. The van der Waals surface area contributed by atoms with E-state index in [-0.39, 0.29) is 0 Å². The Morgan fingerprint density at radius 2 is 2.56 bits per heavy atom. The van der Waals surface area contributed by atoms with Gasteiger partial charge in [-0.15, -0.1) is 0 Å². The zero-order valence-corrected chi connectivity index (χ0v) is 6.33. The minimum atomic E-state index is 0.338. The second-order valence-electron chi connectivity index (χ2n) is 2.17. The fourth-order valence-electron chi connectivity index (χ4n) is 1.03. The molecule has 9 heavy (non-hydrogen) atoms. The topological polar surface area (TPSA) is 21.3 Å². The summed E-state index contributed by atoms with van der Waals surface area (Å²) in [4.78, 5) is 0.